The minimum absolute atomic E-state index is 0.239. The second kappa shape index (κ2) is 3.94. The fourth-order valence-electron chi connectivity index (χ4n) is 1.54. The molecule has 0 aromatic carbocycles. The normalized spacial score (nSPS) is 16.4. The summed E-state index contributed by atoms with van der Waals surface area (Å²) in [6.45, 7) is 6.24. The van der Waals surface area contributed by atoms with Crippen molar-refractivity contribution < 1.29 is 5.11 Å². The third kappa shape index (κ3) is 2.58. The second-order valence-corrected chi connectivity index (χ2v) is 5.18. The molecule has 0 amide bonds. The molecule has 1 aromatic heterocycles. The van der Waals surface area contributed by atoms with Crippen molar-refractivity contribution in [2.24, 2.45) is 18.2 Å². The lowest BCUT2D eigenvalue weighted by atomic mass is 9.73. The Balaban J connectivity index is 2.86. The van der Waals surface area contributed by atoms with Crippen molar-refractivity contribution in [1.29, 1.82) is 0 Å². The second-order valence-electron chi connectivity index (χ2n) is 5.18. The van der Waals surface area contributed by atoms with E-state index in [9.17, 15) is 5.11 Å². The first-order valence-electron chi connectivity index (χ1n) is 5.18. The molecule has 1 atom stereocenters. The van der Waals surface area contributed by atoms with E-state index in [1.807, 2.05) is 34.0 Å². The van der Waals surface area contributed by atoms with Crippen molar-refractivity contribution in [2.75, 3.05) is 6.54 Å². The van der Waals surface area contributed by atoms with Crippen LogP contribution in [-0.2, 0) is 13.5 Å². The van der Waals surface area contributed by atoms with Gasteiger partial charge in [0, 0.05) is 26.2 Å². The molecule has 1 rings (SSSR count). The van der Waals surface area contributed by atoms with Crippen LogP contribution >= 0.6 is 0 Å². The zero-order valence-electron chi connectivity index (χ0n) is 9.99. The summed E-state index contributed by atoms with van der Waals surface area (Å²) in [5.41, 5.74) is 5.57. The molecule has 0 fully saturated rings. The van der Waals surface area contributed by atoms with Gasteiger partial charge in [0.25, 0.3) is 0 Å². The quantitative estimate of drug-likeness (QED) is 0.773. The van der Waals surface area contributed by atoms with Gasteiger partial charge in [-0.15, -0.1) is 0 Å². The molecule has 0 saturated heterocycles. The maximum Gasteiger partial charge on any atom is 0.0858 e. The number of rotatable bonds is 3. The molecule has 1 aromatic rings. The van der Waals surface area contributed by atoms with E-state index in [0.717, 1.165) is 5.56 Å². The maximum atomic E-state index is 10.5. The summed E-state index contributed by atoms with van der Waals surface area (Å²) in [4.78, 5) is 0. The summed E-state index contributed by atoms with van der Waals surface area (Å²) >= 11 is 0. The van der Waals surface area contributed by atoms with Crippen molar-refractivity contribution in [2.45, 2.75) is 32.8 Å². The van der Waals surface area contributed by atoms with E-state index >= 15 is 0 Å². The molecule has 0 radical (unpaired) electrons. The third-order valence-electron chi connectivity index (χ3n) is 2.99. The first-order chi connectivity index (χ1) is 6.78. The Morgan fingerprint density at radius 2 is 2.07 bits per heavy atom. The molecule has 86 valence electrons. The lowest BCUT2D eigenvalue weighted by Crippen LogP contribution is -2.50. The number of aromatic nitrogens is 2. The van der Waals surface area contributed by atoms with Crippen LogP contribution in [0.4, 0.5) is 0 Å². The molecule has 0 spiro atoms. The molecule has 1 unspecified atom stereocenters. The topological polar surface area (TPSA) is 64.1 Å². The fourth-order valence-corrected chi connectivity index (χ4v) is 1.54. The van der Waals surface area contributed by atoms with Gasteiger partial charge in [0.2, 0.25) is 0 Å². The standard InChI is InChI=1S/C11H21N3O/c1-10(2,3)11(15,8-12)5-9-6-13-14(4)7-9/h6-7,15H,5,8,12H2,1-4H3. The fraction of sp³-hybridized carbons (Fsp3) is 0.727. The number of aliphatic hydroxyl groups is 1. The maximum absolute atomic E-state index is 10.5. The summed E-state index contributed by atoms with van der Waals surface area (Å²) in [6.07, 6.45) is 4.22. The molecule has 4 nitrogen and oxygen atoms in total. The zero-order valence-corrected chi connectivity index (χ0v) is 9.99. The van der Waals surface area contributed by atoms with Crippen molar-refractivity contribution in [1.82, 2.24) is 9.78 Å². The summed E-state index contributed by atoms with van der Waals surface area (Å²) < 4.78 is 1.73. The van der Waals surface area contributed by atoms with Gasteiger partial charge in [0.1, 0.15) is 0 Å². The largest absolute Gasteiger partial charge is 0.388 e. The van der Waals surface area contributed by atoms with Gasteiger partial charge >= 0.3 is 0 Å². The first kappa shape index (κ1) is 12.2. The Hall–Kier alpha value is -0.870. The SMILES string of the molecule is Cn1cc(CC(O)(CN)C(C)(C)C)cn1. The first-order valence-corrected chi connectivity index (χ1v) is 5.18. The highest BCUT2D eigenvalue weighted by molar-refractivity contribution is 5.11. The number of nitrogens with zero attached hydrogens (tertiary/aromatic N) is 2. The predicted octanol–water partition coefficient (Wildman–Crippen LogP) is 0.698. The van der Waals surface area contributed by atoms with Crippen LogP contribution in [0.15, 0.2) is 12.4 Å². The highest BCUT2D eigenvalue weighted by atomic mass is 16.3. The predicted molar refractivity (Wildman–Crippen MR) is 60.4 cm³/mol. The summed E-state index contributed by atoms with van der Waals surface area (Å²) in [7, 11) is 1.86. The third-order valence-corrected chi connectivity index (χ3v) is 2.99. The number of nitrogens with two attached hydrogens (primary N) is 1. The van der Waals surface area contributed by atoms with E-state index in [1.165, 1.54) is 0 Å². The molecule has 0 bridgehead atoms. The molecule has 0 aliphatic rings. The summed E-state index contributed by atoms with van der Waals surface area (Å²) in [5.74, 6) is 0. The molecule has 3 N–H and O–H groups in total. The van der Waals surface area contributed by atoms with Gasteiger partial charge in [-0.25, -0.2) is 0 Å². The molecule has 0 saturated carbocycles. The molecule has 15 heavy (non-hydrogen) atoms. The van der Waals surface area contributed by atoms with Crippen molar-refractivity contribution >= 4 is 0 Å². The summed E-state index contributed by atoms with van der Waals surface area (Å²) in [6, 6.07) is 0. The Labute approximate surface area is 91.1 Å². The van der Waals surface area contributed by atoms with E-state index in [-0.39, 0.29) is 12.0 Å². The Morgan fingerprint density at radius 1 is 1.47 bits per heavy atom. The van der Waals surface area contributed by atoms with Crippen LogP contribution in [0.1, 0.15) is 26.3 Å². The minimum Gasteiger partial charge on any atom is -0.388 e. The highest BCUT2D eigenvalue weighted by Gasteiger charge is 2.38. The lowest BCUT2D eigenvalue weighted by molar-refractivity contribution is -0.0490. The van der Waals surface area contributed by atoms with Crippen LogP contribution in [0.2, 0.25) is 0 Å². The van der Waals surface area contributed by atoms with Crippen LogP contribution in [0.25, 0.3) is 0 Å². The number of aryl methyl sites for hydroxylation is 1. The Kier molecular flexibility index (Phi) is 3.21. The van der Waals surface area contributed by atoms with E-state index in [1.54, 1.807) is 10.9 Å². The van der Waals surface area contributed by atoms with Gasteiger partial charge in [-0.3, -0.25) is 4.68 Å². The summed E-state index contributed by atoms with van der Waals surface area (Å²) in [5, 5.41) is 14.5. The monoisotopic (exact) mass is 211 g/mol. The highest BCUT2D eigenvalue weighted by Crippen LogP contribution is 2.32. The minimum atomic E-state index is -0.879. The zero-order chi connectivity index (χ0) is 11.7. The van der Waals surface area contributed by atoms with Gasteiger partial charge in [-0.05, 0) is 11.0 Å². The van der Waals surface area contributed by atoms with Gasteiger partial charge < -0.3 is 10.8 Å². The van der Waals surface area contributed by atoms with E-state index in [4.69, 9.17) is 5.73 Å². The van der Waals surface area contributed by atoms with Crippen LogP contribution in [-0.4, -0.2) is 27.0 Å². The van der Waals surface area contributed by atoms with E-state index in [2.05, 4.69) is 5.10 Å². The number of hydrogen-bond donors (Lipinski definition) is 2. The van der Waals surface area contributed by atoms with E-state index in [0.29, 0.717) is 6.42 Å². The van der Waals surface area contributed by atoms with E-state index < -0.39 is 5.60 Å². The van der Waals surface area contributed by atoms with Crippen molar-refractivity contribution in [3.8, 4) is 0 Å². The Morgan fingerprint density at radius 3 is 2.40 bits per heavy atom. The average molecular weight is 211 g/mol. The van der Waals surface area contributed by atoms with Gasteiger partial charge in [0.15, 0.2) is 0 Å². The average Bonchev–Trinajstić information content (AvgIpc) is 2.49. The van der Waals surface area contributed by atoms with Crippen molar-refractivity contribution in [3.05, 3.63) is 18.0 Å². The van der Waals surface area contributed by atoms with Crippen LogP contribution in [0.3, 0.4) is 0 Å². The number of hydrogen-bond acceptors (Lipinski definition) is 3. The lowest BCUT2D eigenvalue weighted by Gasteiger charge is -2.39. The molecule has 0 aliphatic carbocycles. The van der Waals surface area contributed by atoms with Crippen LogP contribution < -0.4 is 5.73 Å². The van der Waals surface area contributed by atoms with Crippen LogP contribution in [0.5, 0.6) is 0 Å². The van der Waals surface area contributed by atoms with Gasteiger partial charge in [-0.2, -0.15) is 5.10 Å². The molecule has 1 heterocycles. The smallest absolute Gasteiger partial charge is 0.0858 e. The molecule has 4 heteroatoms. The van der Waals surface area contributed by atoms with Crippen molar-refractivity contribution in [3.63, 3.8) is 0 Å². The molecular weight excluding hydrogens is 190 g/mol. The Bertz CT molecular complexity index is 327. The molecular formula is C11H21N3O. The van der Waals surface area contributed by atoms with Gasteiger partial charge in [-0.1, -0.05) is 20.8 Å². The van der Waals surface area contributed by atoms with Crippen LogP contribution in [0, 0.1) is 5.41 Å². The van der Waals surface area contributed by atoms with Gasteiger partial charge in [0.05, 0.1) is 11.8 Å². The molecule has 0 aliphatic heterocycles.